The highest BCUT2D eigenvalue weighted by atomic mass is 32.1. The van der Waals surface area contributed by atoms with Gasteiger partial charge in [0.2, 0.25) is 0 Å². The molecule has 0 atom stereocenters. The van der Waals surface area contributed by atoms with E-state index in [0.717, 1.165) is 10.6 Å². The van der Waals surface area contributed by atoms with Gasteiger partial charge < -0.3 is 14.6 Å². The van der Waals surface area contributed by atoms with Crippen molar-refractivity contribution in [1.82, 2.24) is 4.90 Å². The molecule has 0 unspecified atom stereocenters. The van der Waals surface area contributed by atoms with E-state index >= 15 is 0 Å². The Bertz CT molecular complexity index is 782. The molecular weight excluding hydrogens is 322 g/mol. The fourth-order valence-corrected chi connectivity index (χ4v) is 2.93. The summed E-state index contributed by atoms with van der Waals surface area (Å²) in [5.74, 6) is 0.724. The number of furan rings is 1. The summed E-state index contributed by atoms with van der Waals surface area (Å²) in [6.45, 7) is 0.882. The molecule has 3 rings (SSSR count). The summed E-state index contributed by atoms with van der Waals surface area (Å²) < 4.78 is 5.36. The van der Waals surface area contributed by atoms with Gasteiger partial charge in [0.05, 0.1) is 31.0 Å². The number of nitrogens with one attached hydrogen (secondary N) is 1. The maximum atomic E-state index is 12.6. The molecule has 3 aromatic rings. The average Bonchev–Trinajstić information content (AvgIpc) is 3.29. The number of amides is 2. The topological polar surface area (TPSA) is 69.3 Å². The van der Waals surface area contributed by atoms with Crippen LogP contribution in [0.1, 0.15) is 16.2 Å². The van der Waals surface area contributed by atoms with Crippen molar-refractivity contribution in [1.29, 1.82) is 5.26 Å². The van der Waals surface area contributed by atoms with Gasteiger partial charge in [-0.3, -0.25) is 0 Å². The van der Waals surface area contributed by atoms with Gasteiger partial charge in [0.15, 0.2) is 0 Å². The minimum absolute atomic E-state index is 0.218. The Morgan fingerprint density at radius 2 is 2.00 bits per heavy atom. The molecule has 0 spiro atoms. The molecule has 6 heteroatoms. The molecule has 0 aliphatic rings. The van der Waals surface area contributed by atoms with E-state index in [0.29, 0.717) is 24.3 Å². The smallest absolute Gasteiger partial charge is 0.322 e. The number of nitriles is 1. The standard InChI is InChI=1S/C18H15N3O2S/c19-11-14-5-7-15(8-6-14)20-18(22)21(12-16-3-1-9-23-16)13-17-4-2-10-24-17/h1-10H,12-13H2,(H,20,22). The third-order valence-electron chi connectivity index (χ3n) is 3.41. The van der Waals surface area contributed by atoms with Crippen LogP contribution in [0, 0.1) is 11.3 Å². The Hall–Kier alpha value is -3.04. The lowest BCUT2D eigenvalue weighted by molar-refractivity contribution is 0.202. The van der Waals surface area contributed by atoms with Gasteiger partial charge in [-0.1, -0.05) is 6.07 Å². The lowest BCUT2D eigenvalue weighted by atomic mass is 10.2. The predicted molar refractivity (Wildman–Crippen MR) is 92.4 cm³/mol. The number of thiophene rings is 1. The molecule has 2 amide bonds. The lowest BCUT2D eigenvalue weighted by Gasteiger charge is -2.21. The van der Waals surface area contributed by atoms with E-state index < -0.39 is 0 Å². The van der Waals surface area contributed by atoms with E-state index in [1.54, 1.807) is 52.8 Å². The second kappa shape index (κ2) is 7.49. The molecule has 0 aliphatic heterocycles. The van der Waals surface area contributed by atoms with Crippen molar-refractivity contribution in [2.75, 3.05) is 5.32 Å². The highest BCUT2D eigenvalue weighted by molar-refractivity contribution is 7.09. The van der Waals surface area contributed by atoms with E-state index in [1.807, 2.05) is 23.6 Å². The van der Waals surface area contributed by atoms with Gasteiger partial charge in [-0.25, -0.2) is 4.79 Å². The van der Waals surface area contributed by atoms with Crippen LogP contribution in [0.15, 0.2) is 64.6 Å². The van der Waals surface area contributed by atoms with Crippen LogP contribution >= 0.6 is 11.3 Å². The number of urea groups is 1. The summed E-state index contributed by atoms with van der Waals surface area (Å²) in [5.41, 5.74) is 1.20. The van der Waals surface area contributed by atoms with Gasteiger partial charge >= 0.3 is 6.03 Å². The molecule has 24 heavy (non-hydrogen) atoms. The Morgan fingerprint density at radius 3 is 2.62 bits per heavy atom. The second-order valence-corrected chi connectivity index (χ2v) is 6.17. The zero-order valence-electron chi connectivity index (χ0n) is 12.8. The Balaban J connectivity index is 1.73. The zero-order valence-corrected chi connectivity index (χ0v) is 13.6. The maximum absolute atomic E-state index is 12.6. The fraction of sp³-hybridized carbons (Fsp3) is 0.111. The lowest BCUT2D eigenvalue weighted by Crippen LogP contribution is -2.33. The Kier molecular flexibility index (Phi) is 4.94. The van der Waals surface area contributed by atoms with Crippen LogP contribution in [-0.4, -0.2) is 10.9 Å². The molecule has 120 valence electrons. The van der Waals surface area contributed by atoms with Gasteiger partial charge in [-0.15, -0.1) is 11.3 Å². The summed E-state index contributed by atoms with van der Waals surface area (Å²) >= 11 is 1.60. The first kappa shape index (κ1) is 15.8. The summed E-state index contributed by atoms with van der Waals surface area (Å²) in [4.78, 5) is 15.4. The average molecular weight is 337 g/mol. The summed E-state index contributed by atoms with van der Waals surface area (Å²) in [5, 5.41) is 13.7. The molecule has 0 radical (unpaired) electrons. The molecule has 1 N–H and O–H groups in total. The van der Waals surface area contributed by atoms with Crippen LogP contribution in [0.4, 0.5) is 10.5 Å². The summed E-state index contributed by atoms with van der Waals surface area (Å²) in [7, 11) is 0. The van der Waals surface area contributed by atoms with Gasteiger partial charge in [0.25, 0.3) is 0 Å². The number of benzene rings is 1. The zero-order chi connectivity index (χ0) is 16.8. The third-order valence-corrected chi connectivity index (χ3v) is 4.27. The van der Waals surface area contributed by atoms with Gasteiger partial charge in [0.1, 0.15) is 5.76 Å². The second-order valence-electron chi connectivity index (χ2n) is 5.13. The van der Waals surface area contributed by atoms with E-state index in [2.05, 4.69) is 11.4 Å². The predicted octanol–water partition coefficient (Wildman–Crippen LogP) is 4.45. The normalized spacial score (nSPS) is 10.1. The third kappa shape index (κ3) is 4.03. The van der Waals surface area contributed by atoms with Crippen LogP contribution in [0.2, 0.25) is 0 Å². The Labute approximate surface area is 143 Å². The van der Waals surface area contributed by atoms with E-state index in [9.17, 15) is 4.79 Å². The number of nitrogens with zero attached hydrogens (tertiary/aromatic N) is 2. The molecule has 2 heterocycles. The molecule has 0 bridgehead atoms. The number of carbonyl (C=O) groups excluding carboxylic acids is 1. The fourth-order valence-electron chi connectivity index (χ4n) is 2.21. The summed E-state index contributed by atoms with van der Waals surface area (Å²) in [6, 6.07) is 16.2. The molecule has 0 aliphatic carbocycles. The van der Waals surface area contributed by atoms with Gasteiger partial charge in [0, 0.05) is 10.6 Å². The maximum Gasteiger partial charge on any atom is 0.322 e. The van der Waals surface area contributed by atoms with Crippen LogP contribution in [0.25, 0.3) is 0 Å². The molecule has 0 saturated heterocycles. The van der Waals surface area contributed by atoms with E-state index in [4.69, 9.17) is 9.68 Å². The van der Waals surface area contributed by atoms with Crippen LogP contribution in [0.3, 0.4) is 0 Å². The largest absolute Gasteiger partial charge is 0.467 e. The first-order valence-electron chi connectivity index (χ1n) is 7.35. The Morgan fingerprint density at radius 1 is 1.17 bits per heavy atom. The highest BCUT2D eigenvalue weighted by Crippen LogP contribution is 2.17. The minimum Gasteiger partial charge on any atom is -0.467 e. The number of anilines is 1. The van der Waals surface area contributed by atoms with Gasteiger partial charge in [-0.2, -0.15) is 5.26 Å². The molecule has 5 nitrogen and oxygen atoms in total. The SMILES string of the molecule is N#Cc1ccc(NC(=O)N(Cc2ccco2)Cc2cccs2)cc1. The van der Waals surface area contributed by atoms with Crippen molar-refractivity contribution >= 4 is 23.1 Å². The monoisotopic (exact) mass is 337 g/mol. The van der Waals surface area contributed by atoms with Crippen LogP contribution < -0.4 is 5.32 Å². The number of hydrogen-bond donors (Lipinski definition) is 1. The van der Waals surface area contributed by atoms with Crippen molar-refractivity contribution in [3.05, 3.63) is 76.4 Å². The van der Waals surface area contributed by atoms with Gasteiger partial charge in [-0.05, 0) is 47.8 Å². The summed E-state index contributed by atoms with van der Waals surface area (Å²) in [6.07, 6.45) is 1.59. The van der Waals surface area contributed by atoms with Crippen molar-refractivity contribution in [2.24, 2.45) is 0 Å². The molecular formula is C18H15N3O2S. The minimum atomic E-state index is -0.218. The molecule has 0 fully saturated rings. The van der Waals surface area contributed by atoms with Crippen molar-refractivity contribution in [3.8, 4) is 6.07 Å². The van der Waals surface area contributed by atoms with Crippen LogP contribution in [0.5, 0.6) is 0 Å². The first-order valence-corrected chi connectivity index (χ1v) is 8.23. The number of carbonyl (C=O) groups is 1. The van der Waals surface area contributed by atoms with Crippen molar-refractivity contribution in [3.63, 3.8) is 0 Å². The number of rotatable bonds is 5. The molecule has 2 aromatic heterocycles. The van der Waals surface area contributed by atoms with E-state index in [1.165, 1.54) is 0 Å². The number of hydrogen-bond acceptors (Lipinski definition) is 4. The highest BCUT2D eigenvalue weighted by Gasteiger charge is 2.16. The van der Waals surface area contributed by atoms with Crippen LogP contribution in [-0.2, 0) is 13.1 Å². The molecule has 0 saturated carbocycles. The first-order chi connectivity index (χ1) is 11.7. The van der Waals surface area contributed by atoms with Crippen molar-refractivity contribution < 1.29 is 9.21 Å². The van der Waals surface area contributed by atoms with Crippen molar-refractivity contribution in [2.45, 2.75) is 13.1 Å². The molecule has 1 aromatic carbocycles. The quantitative estimate of drug-likeness (QED) is 0.748. The van der Waals surface area contributed by atoms with E-state index in [-0.39, 0.29) is 6.03 Å².